The van der Waals surface area contributed by atoms with Crippen LogP contribution in [0.25, 0.3) is 0 Å². The third kappa shape index (κ3) is 4.59. The number of aliphatic hydroxyl groups is 1. The lowest BCUT2D eigenvalue weighted by molar-refractivity contribution is 0.108. The highest BCUT2D eigenvalue weighted by atomic mass is 32.2. The van der Waals surface area contributed by atoms with Gasteiger partial charge < -0.3 is 5.11 Å². The summed E-state index contributed by atoms with van der Waals surface area (Å²) in [7, 11) is 2.02. The van der Waals surface area contributed by atoms with E-state index >= 15 is 0 Å². The molecule has 0 aliphatic heterocycles. The molecule has 0 aliphatic carbocycles. The fourth-order valence-electron chi connectivity index (χ4n) is 1.96. The Morgan fingerprint density at radius 2 is 1.94 bits per heavy atom. The van der Waals surface area contributed by atoms with E-state index in [-0.39, 0.29) is 5.82 Å². The first-order valence-corrected chi connectivity index (χ1v) is 7.60. The highest BCUT2D eigenvalue weighted by Crippen LogP contribution is 2.17. The molecule has 2 atom stereocenters. The van der Waals surface area contributed by atoms with Gasteiger partial charge in [-0.2, -0.15) is 11.8 Å². The molecule has 1 aromatic carbocycles. The summed E-state index contributed by atoms with van der Waals surface area (Å²) in [6.45, 7) is 2.73. The minimum absolute atomic E-state index is 0.270. The van der Waals surface area contributed by atoms with Crippen LogP contribution in [0.4, 0.5) is 4.39 Å². The third-order valence-electron chi connectivity index (χ3n) is 3.17. The van der Waals surface area contributed by atoms with Crippen molar-refractivity contribution in [3.8, 4) is 0 Å². The average molecular weight is 271 g/mol. The van der Waals surface area contributed by atoms with Gasteiger partial charge in [0.2, 0.25) is 0 Å². The summed E-state index contributed by atoms with van der Waals surface area (Å²) in [5, 5.41) is 10.1. The van der Waals surface area contributed by atoms with E-state index in [4.69, 9.17) is 0 Å². The number of rotatable bonds is 7. The number of halogens is 1. The Balaban J connectivity index is 2.57. The standard InChI is InChI=1S/C14H22FNOS/c1-4-13(10-18-3)16(2)9-14(17)11-5-7-12(15)8-6-11/h5-8,13-14,17H,4,9-10H2,1-3H3. The van der Waals surface area contributed by atoms with E-state index in [2.05, 4.69) is 18.1 Å². The Hall–Kier alpha value is -0.580. The van der Waals surface area contributed by atoms with E-state index in [9.17, 15) is 9.50 Å². The third-order valence-corrected chi connectivity index (χ3v) is 3.89. The summed E-state index contributed by atoms with van der Waals surface area (Å²) < 4.78 is 12.8. The first kappa shape index (κ1) is 15.5. The highest BCUT2D eigenvalue weighted by molar-refractivity contribution is 7.98. The van der Waals surface area contributed by atoms with Crippen molar-refractivity contribution in [2.24, 2.45) is 0 Å². The average Bonchev–Trinajstić information content (AvgIpc) is 2.36. The fraction of sp³-hybridized carbons (Fsp3) is 0.571. The van der Waals surface area contributed by atoms with Gasteiger partial charge in [-0.15, -0.1) is 0 Å². The lowest BCUT2D eigenvalue weighted by Crippen LogP contribution is -2.36. The lowest BCUT2D eigenvalue weighted by atomic mass is 10.1. The maximum absolute atomic E-state index is 12.8. The van der Waals surface area contributed by atoms with Gasteiger partial charge in [0, 0.05) is 18.3 Å². The monoisotopic (exact) mass is 271 g/mol. The zero-order valence-corrected chi connectivity index (χ0v) is 12.1. The van der Waals surface area contributed by atoms with Crippen LogP contribution in [0.3, 0.4) is 0 Å². The molecule has 1 N–H and O–H groups in total. The molecule has 0 spiro atoms. The molecule has 0 amide bonds. The summed E-state index contributed by atoms with van der Waals surface area (Å²) in [6.07, 6.45) is 2.59. The van der Waals surface area contributed by atoms with Crippen molar-refractivity contribution in [3.63, 3.8) is 0 Å². The first-order valence-electron chi connectivity index (χ1n) is 6.21. The Morgan fingerprint density at radius 3 is 2.44 bits per heavy atom. The molecule has 0 radical (unpaired) electrons. The van der Waals surface area contributed by atoms with E-state index in [1.807, 2.05) is 18.8 Å². The summed E-state index contributed by atoms with van der Waals surface area (Å²) in [6, 6.07) is 6.53. The minimum atomic E-state index is -0.563. The second kappa shape index (κ2) is 7.77. The Kier molecular flexibility index (Phi) is 6.68. The van der Waals surface area contributed by atoms with Crippen LogP contribution in [0.15, 0.2) is 24.3 Å². The largest absolute Gasteiger partial charge is 0.387 e. The maximum atomic E-state index is 12.8. The van der Waals surface area contributed by atoms with Crippen LogP contribution in [0.1, 0.15) is 25.0 Å². The summed E-state index contributed by atoms with van der Waals surface area (Å²) in [5.74, 6) is 0.788. The van der Waals surface area contributed by atoms with Crippen molar-refractivity contribution < 1.29 is 9.50 Å². The molecule has 0 saturated heterocycles. The quantitative estimate of drug-likeness (QED) is 0.825. The smallest absolute Gasteiger partial charge is 0.123 e. The molecule has 4 heteroatoms. The van der Waals surface area contributed by atoms with Gasteiger partial charge >= 0.3 is 0 Å². The Bertz CT molecular complexity index is 344. The number of benzene rings is 1. The molecule has 0 bridgehead atoms. The van der Waals surface area contributed by atoms with Gasteiger partial charge in [-0.05, 0) is 37.4 Å². The van der Waals surface area contributed by atoms with E-state index in [1.54, 1.807) is 12.1 Å². The number of thioether (sulfide) groups is 1. The van der Waals surface area contributed by atoms with Crippen molar-refractivity contribution in [2.45, 2.75) is 25.5 Å². The predicted octanol–water partition coefficient (Wildman–Crippen LogP) is 2.93. The van der Waals surface area contributed by atoms with Gasteiger partial charge in [0.05, 0.1) is 6.10 Å². The van der Waals surface area contributed by atoms with E-state index in [0.29, 0.717) is 12.6 Å². The van der Waals surface area contributed by atoms with Crippen molar-refractivity contribution >= 4 is 11.8 Å². The van der Waals surface area contributed by atoms with Gasteiger partial charge in [0.15, 0.2) is 0 Å². The number of hydrogen-bond donors (Lipinski definition) is 1. The highest BCUT2D eigenvalue weighted by Gasteiger charge is 2.16. The molecule has 1 aromatic rings. The molecular weight excluding hydrogens is 249 g/mol. The van der Waals surface area contributed by atoms with E-state index in [1.165, 1.54) is 12.1 Å². The van der Waals surface area contributed by atoms with Gasteiger partial charge in [-0.1, -0.05) is 19.1 Å². The molecule has 2 nitrogen and oxygen atoms in total. The molecule has 2 unspecified atom stereocenters. The van der Waals surface area contributed by atoms with Gasteiger partial charge in [-0.3, -0.25) is 4.90 Å². The summed E-state index contributed by atoms with van der Waals surface area (Å²) >= 11 is 1.81. The number of likely N-dealkylation sites (N-methyl/N-ethyl adjacent to an activating group) is 1. The van der Waals surface area contributed by atoms with Crippen molar-refractivity contribution in [2.75, 3.05) is 25.6 Å². The number of aliphatic hydroxyl groups excluding tert-OH is 1. The molecule has 18 heavy (non-hydrogen) atoms. The van der Waals surface area contributed by atoms with Crippen molar-refractivity contribution in [3.05, 3.63) is 35.6 Å². The molecule has 0 fully saturated rings. The van der Waals surface area contributed by atoms with Crippen LogP contribution in [-0.2, 0) is 0 Å². The molecule has 0 aliphatic rings. The summed E-state index contributed by atoms with van der Waals surface area (Å²) in [5.41, 5.74) is 0.766. The molecular formula is C14H22FNOS. The molecule has 1 rings (SSSR count). The minimum Gasteiger partial charge on any atom is -0.387 e. The lowest BCUT2D eigenvalue weighted by Gasteiger charge is -2.28. The Morgan fingerprint density at radius 1 is 1.33 bits per heavy atom. The maximum Gasteiger partial charge on any atom is 0.123 e. The van der Waals surface area contributed by atoms with E-state index < -0.39 is 6.10 Å². The van der Waals surface area contributed by atoms with Crippen LogP contribution in [0, 0.1) is 5.82 Å². The topological polar surface area (TPSA) is 23.5 Å². The molecule has 102 valence electrons. The van der Waals surface area contributed by atoms with Crippen LogP contribution in [-0.4, -0.2) is 41.6 Å². The molecule has 0 aromatic heterocycles. The second-order valence-corrected chi connectivity index (χ2v) is 5.44. The summed E-state index contributed by atoms with van der Waals surface area (Å²) in [4.78, 5) is 2.17. The Labute approximate surface area is 113 Å². The SMILES string of the molecule is CCC(CSC)N(C)CC(O)c1ccc(F)cc1. The molecule has 0 saturated carbocycles. The van der Waals surface area contributed by atoms with Crippen molar-refractivity contribution in [1.82, 2.24) is 4.90 Å². The zero-order valence-electron chi connectivity index (χ0n) is 11.3. The van der Waals surface area contributed by atoms with Crippen molar-refractivity contribution in [1.29, 1.82) is 0 Å². The number of hydrogen-bond acceptors (Lipinski definition) is 3. The molecule has 0 heterocycles. The van der Waals surface area contributed by atoms with E-state index in [0.717, 1.165) is 17.7 Å². The van der Waals surface area contributed by atoms with Gasteiger partial charge in [0.25, 0.3) is 0 Å². The van der Waals surface area contributed by atoms with Crippen LogP contribution in [0.2, 0.25) is 0 Å². The predicted molar refractivity (Wildman–Crippen MR) is 76.5 cm³/mol. The zero-order chi connectivity index (χ0) is 13.5. The first-order chi connectivity index (χ1) is 8.58. The van der Waals surface area contributed by atoms with Crippen LogP contribution in [0.5, 0.6) is 0 Å². The van der Waals surface area contributed by atoms with Crippen LogP contribution >= 0.6 is 11.8 Å². The fourth-order valence-corrected chi connectivity index (χ4v) is 2.84. The second-order valence-electron chi connectivity index (χ2n) is 4.52. The van der Waals surface area contributed by atoms with Gasteiger partial charge in [0.1, 0.15) is 5.82 Å². The van der Waals surface area contributed by atoms with Crippen LogP contribution < -0.4 is 0 Å². The van der Waals surface area contributed by atoms with Gasteiger partial charge in [-0.25, -0.2) is 4.39 Å². The normalized spacial score (nSPS) is 14.8. The number of nitrogens with zero attached hydrogens (tertiary/aromatic N) is 1.